The van der Waals surface area contributed by atoms with Gasteiger partial charge in [0.05, 0.1) is 30.2 Å². The van der Waals surface area contributed by atoms with Gasteiger partial charge < -0.3 is 15.4 Å². The fourth-order valence-corrected chi connectivity index (χ4v) is 2.94. The number of hydrogen-bond donors (Lipinski definition) is 2. The highest BCUT2D eigenvalue weighted by molar-refractivity contribution is 6.07. The fraction of sp³-hybridized carbons (Fsp3) is 0.174. The van der Waals surface area contributed by atoms with E-state index in [1.54, 1.807) is 42.6 Å². The summed E-state index contributed by atoms with van der Waals surface area (Å²) in [5, 5.41) is 6.06. The van der Waals surface area contributed by atoms with Gasteiger partial charge in [0.15, 0.2) is 0 Å². The maximum absolute atomic E-state index is 12.5. The van der Waals surface area contributed by atoms with E-state index in [-0.39, 0.29) is 11.3 Å². The summed E-state index contributed by atoms with van der Waals surface area (Å²) in [7, 11) is 1.30. The molecule has 0 aliphatic rings. The molecule has 0 aliphatic carbocycles. The highest BCUT2D eigenvalue weighted by Gasteiger charge is 2.15. The van der Waals surface area contributed by atoms with Crippen molar-refractivity contribution in [2.45, 2.75) is 19.8 Å². The molecule has 0 saturated carbocycles. The monoisotopic (exact) mass is 389 g/mol. The van der Waals surface area contributed by atoms with E-state index in [1.165, 1.54) is 12.7 Å². The molecular weight excluding hydrogens is 366 g/mol. The lowest BCUT2D eigenvalue weighted by atomic mass is 10.0. The normalized spacial score (nSPS) is 10.5. The van der Waals surface area contributed by atoms with Crippen LogP contribution in [0.4, 0.5) is 17.1 Å². The number of carbonyl (C=O) groups is 2. The quantitative estimate of drug-likeness (QED) is 0.581. The van der Waals surface area contributed by atoms with Crippen LogP contribution < -0.4 is 10.6 Å². The number of esters is 1. The molecule has 0 spiro atoms. The summed E-state index contributed by atoms with van der Waals surface area (Å²) >= 11 is 0. The Morgan fingerprint density at radius 2 is 1.62 bits per heavy atom. The minimum Gasteiger partial charge on any atom is -0.465 e. The third-order valence-electron chi connectivity index (χ3n) is 4.44. The van der Waals surface area contributed by atoms with Gasteiger partial charge in [0.25, 0.3) is 5.91 Å². The molecule has 1 amide bonds. The van der Waals surface area contributed by atoms with Crippen molar-refractivity contribution in [1.29, 1.82) is 0 Å². The van der Waals surface area contributed by atoms with Gasteiger partial charge >= 0.3 is 5.97 Å². The van der Waals surface area contributed by atoms with Gasteiger partial charge in [0.2, 0.25) is 0 Å². The number of carbonyl (C=O) groups excluding carboxylic acids is 2. The number of pyridine rings is 1. The molecule has 0 radical (unpaired) electrons. The third kappa shape index (κ3) is 4.79. The summed E-state index contributed by atoms with van der Waals surface area (Å²) in [4.78, 5) is 28.6. The first-order chi connectivity index (χ1) is 14.0. The van der Waals surface area contributed by atoms with E-state index < -0.39 is 11.9 Å². The lowest BCUT2D eigenvalue weighted by molar-refractivity contribution is 0.0602. The molecule has 0 atom stereocenters. The molecule has 3 aromatic rings. The van der Waals surface area contributed by atoms with Crippen LogP contribution in [-0.4, -0.2) is 24.0 Å². The lowest BCUT2D eigenvalue weighted by Crippen LogP contribution is -2.16. The first kappa shape index (κ1) is 20.1. The van der Waals surface area contributed by atoms with E-state index in [1.807, 2.05) is 18.2 Å². The van der Waals surface area contributed by atoms with E-state index in [2.05, 4.69) is 35.5 Å². The van der Waals surface area contributed by atoms with Gasteiger partial charge in [0.1, 0.15) is 5.69 Å². The Morgan fingerprint density at radius 1 is 0.931 bits per heavy atom. The van der Waals surface area contributed by atoms with Gasteiger partial charge in [-0.1, -0.05) is 44.2 Å². The smallest absolute Gasteiger partial charge is 0.339 e. The molecule has 6 nitrogen and oxygen atoms in total. The highest BCUT2D eigenvalue weighted by atomic mass is 16.5. The Labute approximate surface area is 169 Å². The first-order valence-corrected chi connectivity index (χ1v) is 9.30. The van der Waals surface area contributed by atoms with Crippen molar-refractivity contribution < 1.29 is 14.3 Å². The largest absolute Gasteiger partial charge is 0.465 e. The number of amides is 1. The standard InChI is InChI=1S/C23H23N3O3/c1-15(2)17-8-4-6-10-19(17)25-16-12-13-21(24-14-16)22(27)26-20-11-7-5-9-18(20)23(28)29-3/h4-15,25H,1-3H3,(H,26,27). The van der Waals surface area contributed by atoms with E-state index >= 15 is 0 Å². The molecule has 3 rings (SSSR count). The summed E-state index contributed by atoms with van der Waals surface area (Å²) in [6.07, 6.45) is 1.61. The van der Waals surface area contributed by atoms with Crippen molar-refractivity contribution in [2.75, 3.05) is 17.7 Å². The van der Waals surface area contributed by atoms with Crippen molar-refractivity contribution in [1.82, 2.24) is 4.98 Å². The van der Waals surface area contributed by atoms with Crippen LogP contribution in [0.25, 0.3) is 0 Å². The van der Waals surface area contributed by atoms with Crippen LogP contribution in [0.1, 0.15) is 46.2 Å². The van der Waals surface area contributed by atoms with Gasteiger partial charge in [-0.15, -0.1) is 0 Å². The average molecular weight is 389 g/mol. The lowest BCUT2D eigenvalue weighted by Gasteiger charge is -2.14. The molecule has 29 heavy (non-hydrogen) atoms. The molecule has 6 heteroatoms. The average Bonchev–Trinajstić information content (AvgIpc) is 2.74. The first-order valence-electron chi connectivity index (χ1n) is 9.30. The summed E-state index contributed by atoms with van der Waals surface area (Å²) in [6.45, 7) is 4.27. The fourth-order valence-electron chi connectivity index (χ4n) is 2.94. The number of anilines is 3. The number of aromatic nitrogens is 1. The maximum Gasteiger partial charge on any atom is 0.339 e. The van der Waals surface area contributed by atoms with Crippen LogP contribution in [0.3, 0.4) is 0 Å². The molecule has 0 aliphatic heterocycles. The number of rotatable bonds is 6. The van der Waals surface area contributed by atoms with E-state index in [4.69, 9.17) is 4.74 Å². The number of nitrogens with one attached hydrogen (secondary N) is 2. The van der Waals surface area contributed by atoms with Crippen molar-refractivity contribution in [2.24, 2.45) is 0 Å². The highest BCUT2D eigenvalue weighted by Crippen LogP contribution is 2.26. The van der Waals surface area contributed by atoms with Crippen LogP contribution in [0.5, 0.6) is 0 Å². The van der Waals surface area contributed by atoms with Gasteiger partial charge in [0, 0.05) is 5.69 Å². The minimum atomic E-state index is -0.516. The molecular formula is C23H23N3O3. The second-order valence-electron chi connectivity index (χ2n) is 6.79. The van der Waals surface area contributed by atoms with Crippen LogP contribution in [0, 0.1) is 0 Å². The number of benzene rings is 2. The SMILES string of the molecule is COC(=O)c1ccccc1NC(=O)c1ccc(Nc2ccccc2C(C)C)cn1. The molecule has 0 saturated heterocycles. The molecule has 0 bridgehead atoms. The van der Waals surface area contributed by atoms with Gasteiger partial charge in [-0.05, 0) is 41.8 Å². The summed E-state index contributed by atoms with van der Waals surface area (Å²) in [5.74, 6) is -0.542. The zero-order valence-electron chi connectivity index (χ0n) is 16.6. The molecule has 148 valence electrons. The minimum absolute atomic E-state index is 0.243. The number of para-hydroxylation sites is 2. The van der Waals surface area contributed by atoms with Crippen LogP contribution in [-0.2, 0) is 4.74 Å². The van der Waals surface area contributed by atoms with Crippen molar-refractivity contribution in [3.63, 3.8) is 0 Å². The molecule has 0 fully saturated rings. The van der Waals surface area contributed by atoms with Crippen LogP contribution >= 0.6 is 0 Å². The molecule has 2 N–H and O–H groups in total. The number of nitrogens with zero attached hydrogens (tertiary/aromatic N) is 1. The topological polar surface area (TPSA) is 80.3 Å². The Hall–Kier alpha value is -3.67. The molecule has 1 heterocycles. The predicted octanol–water partition coefficient (Wildman–Crippen LogP) is 4.99. The summed E-state index contributed by atoms with van der Waals surface area (Å²) < 4.78 is 4.75. The van der Waals surface area contributed by atoms with E-state index in [9.17, 15) is 9.59 Å². The van der Waals surface area contributed by atoms with E-state index in [0.29, 0.717) is 11.6 Å². The Morgan fingerprint density at radius 3 is 2.28 bits per heavy atom. The van der Waals surface area contributed by atoms with Gasteiger partial charge in [-0.25, -0.2) is 9.78 Å². The van der Waals surface area contributed by atoms with Crippen molar-refractivity contribution in [3.05, 3.63) is 83.7 Å². The Kier molecular flexibility index (Phi) is 6.24. The van der Waals surface area contributed by atoms with E-state index in [0.717, 1.165) is 11.4 Å². The zero-order valence-corrected chi connectivity index (χ0v) is 16.6. The molecule has 0 unspecified atom stereocenters. The maximum atomic E-state index is 12.5. The summed E-state index contributed by atoms with van der Waals surface area (Å²) in [6, 6.07) is 18.2. The Bertz CT molecular complexity index is 1010. The predicted molar refractivity (Wildman–Crippen MR) is 114 cm³/mol. The van der Waals surface area contributed by atoms with Gasteiger partial charge in [-0.3, -0.25) is 4.79 Å². The summed E-state index contributed by atoms with van der Waals surface area (Å²) in [5.41, 5.74) is 3.89. The second kappa shape index (κ2) is 9.01. The number of hydrogen-bond acceptors (Lipinski definition) is 5. The zero-order chi connectivity index (χ0) is 20.8. The number of methoxy groups -OCH3 is 1. The van der Waals surface area contributed by atoms with Crippen LogP contribution in [0.2, 0.25) is 0 Å². The van der Waals surface area contributed by atoms with Crippen molar-refractivity contribution >= 4 is 28.9 Å². The molecule has 2 aromatic carbocycles. The third-order valence-corrected chi connectivity index (χ3v) is 4.44. The van der Waals surface area contributed by atoms with Crippen molar-refractivity contribution in [3.8, 4) is 0 Å². The van der Waals surface area contributed by atoms with Crippen LogP contribution in [0.15, 0.2) is 66.9 Å². The molecule has 1 aromatic heterocycles. The van der Waals surface area contributed by atoms with Gasteiger partial charge in [-0.2, -0.15) is 0 Å². The Balaban J connectivity index is 1.74. The second-order valence-corrected chi connectivity index (χ2v) is 6.79. The number of ether oxygens (including phenoxy) is 1.